The monoisotopic (exact) mass is 352 g/mol. The SMILES string of the molecule is CCOC(=O)C1=C(O)CCC1.CCOC(=O)CCCl.N.[N-]=[N+]=N. The first-order chi connectivity index (χ1) is 10.5. The summed E-state index contributed by atoms with van der Waals surface area (Å²) in [6.07, 6.45) is 2.45. The van der Waals surface area contributed by atoms with Gasteiger partial charge in [-0.05, 0) is 37.1 Å². The van der Waals surface area contributed by atoms with Gasteiger partial charge in [-0.15, -0.1) is 17.1 Å². The zero-order chi connectivity index (χ0) is 17.4. The molecule has 23 heavy (non-hydrogen) atoms. The van der Waals surface area contributed by atoms with Crippen LogP contribution in [-0.4, -0.2) is 36.1 Å². The topological polar surface area (TPSA) is 168 Å². The van der Waals surface area contributed by atoms with Gasteiger partial charge in [0.25, 0.3) is 0 Å². The van der Waals surface area contributed by atoms with Gasteiger partial charge in [0.05, 0.1) is 25.2 Å². The number of rotatable bonds is 5. The number of nitrogens with one attached hydrogen (secondary N) is 1. The van der Waals surface area contributed by atoms with Gasteiger partial charge in [0, 0.05) is 12.3 Å². The lowest BCUT2D eigenvalue weighted by Crippen LogP contribution is -2.07. The van der Waals surface area contributed by atoms with E-state index in [2.05, 4.69) is 4.74 Å². The number of alkyl halides is 1. The number of hydrogen-bond acceptors (Lipinski definition) is 7. The zero-order valence-corrected chi connectivity index (χ0v) is 14.3. The van der Waals surface area contributed by atoms with Crippen LogP contribution in [0.2, 0.25) is 0 Å². The average Bonchev–Trinajstić information content (AvgIpc) is 2.87. The van der Waals surface area contributed by atoms with Crippen LogP contribution in [0.5, 0.6) is 0 Å². The Morgan fingerprint density at radius 1 is 1.30 bits per heavy atom. The number of aliphatic hydroxyl groups is 1. The van der Waals surface area contributed by atoms with Crippen molar-refractivity contribution < 1.29 is 24.2 Å². The minimum absolute atomic E-state index is 0. The maximum absolute atomic E-state index is 11.0. The molecule has 0 bridgehead atoms. The lowest BCUT2D eigenvalue weighted by Gasteiger charge is -2.01. The Morgan fingerprint density at radius 2 is 1.83 bits per heavy atom. The fourth-order valence-corrected chi connectivity index (χ4v) is 1.63. The molecule has 0 aromatic heterocycles. The number of allylic oxidation sites excluding steroid dienone is 1. The molecular formula is C13H25ClN4O5. The second kappa shape index (κ2) is 18.1. The first-order valence-electron chi connectivity index (χ1n) is 6.78. The zero-order valence-electron chi connectivity index (χ0n) is 13.5. The minimum atomic E-state index is -0.359. The summed E-state index contributed by atoms with van der Waals surface area (Å²) in [4.78, 5) is 23.1. The summed E-state index contributed by atoms with van der Waals surface area (Å²) in [5, 5.41) is 9.16. The Bertz CT molecular complexity index is 401. The van der Waals surface area contributed by atoms with Gasteiger partial charge in [0.15, 0.2) is 0 Å². The van der Waals surface area contributed by atoms with Crippen LogP contribution in [-0.2, 0) is 19.1 Å². The summed E-state index contributed by atoms with van der Waals surface area (Å²) in [7, 11) is 0. The molecule has 0 aromatic carbocycles. The fourth-order valence-electron chi connectivity index (χ4n) is 1.48. The van der Waals surface area contributed by atoms with Crippen molar-refractivity contribution in [3.05, 3.63) is 21.8 Å². The van der Waals surface area contributed by atoms with E-state index in [9.17, 15) is 9.59 Å². The van der Waals surface area contributed by atoms with Crippen LogP contribution < -0.4 is 6.15 Å². The quantitative estimate of drug-likeness (QED) is 0.223. The highest BCUT2D eigenvalue weighted by Gasteiger charge is 2.20. The molecule has 10 heteroatoms. The molecule has 0 spiro atoms. The first kappa shape index (κ1) is 26.0. The summed E-state index contributed by atoms with van der Waals surface area (Å²) in [5.74, 6) is -0.0211. The molecule has 1 aliphatic rings. The third-order valence-corrected chi connectivity index (χ3v) is 2.50. The number of nitrogens with zero attached hydrogens (tertiary/aromatic N) is 2. The van der Waals surface area contributed by atoms with E-state index in [4.69, 9.17) is 32.5 Å². The third kappa shape index (κ3) is 14.7. The Kier molecular flexibility index (Phi) is 20.4. The molecule has 1 rings (SSSR count). The molecule has 0 aromatic rings. The van der Waals surface area contributed by atoms with E-state index >= 15 is 0 Å². The van der Waals surface area contributed by atoms with E-state index in [-0.39, 0.29) is 23.8 Å². The van der Waals surface area contributed by atoms with Crippen molar-refractivity contribution in [2.24, 2.45) is 0 Å². The summed E-state index contributed by atoms with van der Waals surface area (Å²) in [6.45, 7) is 4.34. The highest BCUT2D eigenvalue weighted by Crippen LogP contribution is 2.24. The number of esters is 2. The van der Waals surface area contributed by atoms with Crippen LogP contribution in [0.3, 0.4) is 0 Å². The number of aliphatic hydroxyl groups excluding tert-OH is 1. The Hall–Kier alpha value is -1.96. The molecule has 0 fully saturated rings. The highest BCUT2D eigenvalue weighted by molar-refractivity contribution is 6.18. The summed E-state index contributed by atoms with van der Waals surface area (Å²) < 4.78 is 9.30. The molecule has 5 N–H and O–H groups in total. The molecule has 1 aliphatic carbocycles. The second-order valence-electron chi connectivity index (χ2n) is 3.84. The van der Waals surface area contributed by atoms with Crippen LogP contribution in [0.4, 0.5) is 0 Å². The van der Waals surface area contributed by atoms with Crippen LogP contribution in [0.15, 0.2) is 11.3 Å². The van der Waals surface area contributed by atoms with Crippen molar-refractivity contribution >= 4 is 23.5 Å². The maximum atomic E-state index is 11.0. The van der Waals surface area contributed by atoms with Crippen molar-refractivity contribution in [2.45, 2.75) is 39.5 Å². The van der Waals surface area contributed by atoms with Crippen LogP contribution in [0.1, 0.15) is 39.5 Å². The Morgan fingerprint density at radius 3 is 2.17 bits per heavy atom. The molecule has 134 valence electrons. The second-order valence-corrected chi connectivity index (χ2v) is 4.22. The Labute approximate surface area is 140 Å². The standard InChI is InChI=1S/C8H12O3.C5H9ClO2.HN3.H3N/c1-2-11-8(10)6-4-3-5-7(6)9;1-2-8-5(7)3-4-6;1-3-2;/h9H,2-5H2,1H3;2-4H2,1H3;1H;1H3. The lowest BCUT2D eigenvalue weighted by atomic mass is 10.2. The molecule has 0 aliphatic heterocycles. The number of carbonyl (C=O) groups excluding carboxylic acids is 2. The van der Waals surface area contributed by atoms with Gasteiger partial charge in [-0.2, -0.15) is 0 Å². The smallest absolute Gasteiger partial charge is 0.337 e. The Balaban J connectivity index is -0.000000297. The van der Waals surface area contributed by atoms with Gasteiger partial charge in [0.1, 0.15) is 5.76 Å². The molecule has 0 amide bonds. The minimum Gasteiger partial charge on any atom is -0.512 e. The van der Waals surface area contributed by atoms with Gasteiger partial charge in [-0.25, -0.2) is 4.79 Å². The van der Waals surface area contributed by atoms with Gasteiger partial charge >= 0.3 is 11.9 Å². The molecule has 0 saturated heterocycles. The number of carbonyl (C=O) groups is 2. The molecule has 0 atom stereocenters. The number of ether oxygens (including phenoxy) is 2. The maximum Gasteiger partial charge on any atom is 0.337 e. The largest absolute Gasteiger partial charge is 0.512 e. The van der Waals surface area contributed by atoms with Gasteiger partial charge in [-0.1, -0.05) is 0 Å². The summed E-state index contributed by atoms with van der Waals surface area (Å²) in [5.41, 5.74) is 12.7. The predicted molar refractivity (Wildman–Crippen MR) is 86.6 cm³/mol. The van der Waals surface area contributed by atoms with Crippen LogP contribution >= 0.6 is 11.6 Å². The highest BCUT2D eigenvalue weighted by atomic mass is 35.5. The van der Waals surface area contributed by atoms with E-state index in [1.165, 1.54) is 0 Å². The van der Waals surface area contributed by atoms with E-state index < -0.39 is 0 Å². The van der Waals surface area contributed by atoms with Crippen molar-refractivity contribution in [1.29, 1.82) is 5.53 Å². The van der Waals surface area contributed by atoms with Crippen molar-refractivity contribution in [3.8, 4) is 0 Å². The van der Waals surface area contributed by atoms with Crippen molar-refractivity contribution in [3.63, 3.8) is 0 Å². The summed E-state index contributed by atoms with van der Waals surface area (Å²) >= 11 is 5.23. The van der Waals surface area contributed by atoms with Gasteiger partial charge < -0.3 is 20.7 Å². The van der Waals surface area contributed by atoms with Crippen molar-refractivity contribution in [2.75, 3.05) is 19.1 Å². The number of hydrogen-bond donors (Lipinski definition) is 3. The van der Waals surface area contributed by atoms with Crippen LogP contribution in [0, 0.1) is 5.53 Å². The van der Waals surface area contributed by atoms with E-state index in [0.717, 1.165) is 6.42 Å². The lowest BCUT2D eigenvalue weighted by molar-refractivity contribution is -0.142. The fraction of sp³-hybridized carbons (Fsp3) is 0.692. The third-order valence-electron chi connectivity index (χ3n) is 2.31. The average molecular weight is 353 g/mol. The van der Waals surface area contributed by atoms with Gasteiger partial charge in [-0.3, -0.25) is 4.79 Å². The predicted octanol–water partition coefficient (Wildman–Crippen LogP) is 3.76. The van der Waals surface area contributed by atoms with E-state index in [1.54, 1.807) is 18.8 Å². The molecule has 0 radical (unpaired) electrons. The van der Waals surface area contributed by atoms with Gasteiger partial charge in [0.2, 0.25) is 0 Å². The first-order valence-corrected chi connectivity index (χ1v) is 7.32. The molecule has 0 unspecified atom stereocenters. The van der Waals surface area contributed by atoms with Crippen LogP contribution in [0.25, 0.3) is 10.4 Å². The normalized spacial score (nSPS) is 11.6. The molecule has 0 saturated carbocycles. The molecule has 0 heterocycles. The number of halogens is 1. The van der Waals surface area contributed by atoms with E-state index in [1.807, 2.05) is 0 Å². The summed E-state index contributed by atoms with van der Waals surface area (Å²) in [6, 6.07) is 0. The molecule has 9 nitrogen and oxygen atoms in total. The van der Waals surface area contributed by atoms with E-state index in [0.29, 0.717) is 43.9 Å². The van der Waals surface area contributed by atoms with Crippen molar-refractivity contribution in [1.82, 2.24) is 6.15 Å². The molecular weight excluding hydrogens is 328 g/mol.